The first-order valence-corrected chi connectivity index (χ1v) is 5.61. The zero-order valence-corrected chi connectivity index (χ0v) is 10.1. The summed E-state index contributed by atoms with van der Waals surface area (Å²) in [5.74, 6) is -0.893. The maximum absolute atomic E-state index is 11.7. The highest BCUT2D eigenvalue weighted by Crippen LogP contribution is 2.03. The SMILES string of the molecule is CCC(=O)N(C[C]=O)C(=O)/C=C/c1ccccc1. The predicted molar refractivity (Wildman–Crippen MR) is 68.2 cm³/mol. The minimum Gasteiger partial charge on any atom is -0.289 e. The maximum Gasteiger partial charge on any atom is 0.253 e. The van der Waals surface area contributed by atoms with E-state index < -0.39 is 5.91 Å². The summed E-state index contributed by atoms with van der Waals surface area (Å²) in [6.07, 6.45) is 4.61. The Morgan fingerprint density at radius 2 is 1.94 bits per heavy atom. The van der Waals surface area contributed by atoms with Gasteiger partial charge in [-0.3, -0.25) is 19.3 Å². The molecule has 4 heteroatoms. The largest absolute Gasteiger partial charge is 0.289 e. The van der Waals surface area contributed by atoms with Gasteiger partial charge in [0.05, 0.1) is 6.54 Å². The molecule has 0 bridgehead atoms. The summed E-state index contributed by atoms with van der Waals surface area (Å²) < 4.78 is 0. The van der Waals surface area contributed by atoms with Gasteiger partial charge in [0.1, 0.15) is 0 Å². The van der Waals surface area contributed by atoms with Gasteiger partial charge in [-0.05, 0) is 11.6 Å². The second kappa shape index (κ2) is 7.17. The highest BCUT2D eigenvalue weighted by molar-refractivity contribution is 6.03. The molecule has 0 atom stereocenters. The second-order valence-electron chi connectivity index (χ2n) is 3.56. The van der Waals surface area contributed by atoms with E-state index in [1.54, 1.807) is 19.3 Å². The molecule has 0 saturated heterocycles. The lowest BCUT2D eigenvalue weighted by molar-refractivity contribution is -0.140. The lowest BCUT2D eigenvalue weighted by atomic mass is 10.2. The number of carbonyl (C=O) groups excluding carboxylic acids is 3. The highest BCUT2D eigenvalue weighted by Gasteiger charge is 2.16. The molecule has 2 amide bonds. The number of nitrogens with zero attached hydrogens (tertiary/aromatic N) is 1. The van der Waals surface area contributed by atoms with E-state index in [9.17, 15) is 14.4 Å². The Morgan fingerprint density at radius 3 is 2.50 bits per heavy atom. The summed E-state index contributed by atoms with van der Waals surface area (Å²) in [6, 6.07) is 9.23. The molecule has 4 nitrogen and oxygen atoms in total. The van der Waals surface area contributed by atoms with E-state index in [-0.39, 0.29) is 18.9 Å². The molecule has 0 aliphatic rings. The Bertz CT molecular complexity index is 451. The molecular weight excluding hydrogens is 230 g/mol. The van der Waals surface area contributed by atoms with E-state index in [2.05, 4.69) is 0 Å². The van der Waals surface area contributed by atoms with Gasteiger partial charge in [-0.1, -0.05) is 37.3 Å². The molecule has 1 aromatic carbocycles. The number of hydrogen-bond acceptors (Lipinski definition) is 3. The molecule has 0 N–H and O–H groups in total. The van der Waals surface area contributed by atoms with Crippen LogP contribution in [0.3, 0.4) is 0 Å². The van der Waals surface area contributed by atoms with E-state index in [1.807, 2.05) is 30.3 Å². The van der Waals surface area contributed by atoms with Crippen LogP contribution in [0, 0.1) is 0 Å². The van der Waals surface area contributed by atoms with Gasteiger partial charge in [-0.15, -0.1) is 0 Å². The van der Waals surface area contributed by atoms with Crippen molar-refractivity contribution in [2.45, 2.75) is 13.3 Å². The van der Waals surface area contributed by atoms with Gasteiger partial charge in [0.15, 0.2) is 0 Å². The summed E-state index contributed by atoms with van der Waals surface area (Å²) in [4.78, 5) is 34.4. The number of imide groups is 1. The van der Waals surface area contributed by atoms with Crippen LogP contribution in [0.4, 0.5) is 0 Å². The first-order chi connectivity index (χ1) is 8.69. The summed E-state index contributed by atoms with van der Waals surface area (Å²) in [5.41, 5.74) is 0.852. The summed E-state index contributed by atoms with van der Waals surface area (Å²) in [5, 5.41) is 0. The van der Waals surface area contributed by atoms with Gasteiger partial charge >= 0.3 is 0 Å². The average Bonchev–Trinajstić information content (AvgIpc) is 2.42. The molecular formula is C14H14NO3. The topological polar surface area (TPSA) is 54.5 Å². The standard InChI is InChI=1S/C14H14NO3/c1-2-13(17)15(10-11-16)14(18)9-8-12-6-4-3-5-7-12/h3-9H,2,10H2,1H3/b9-8+. The zero-order valence-electron chi connectivity index (χ0n) is 10.1. The van der Waals surface area contributed by atoms with Crippen LogP contribution < -0.4 is 0 Å². The van der Waals surface area contributed by atoms with E-state index in [0.29, 0.717) is 0 Å². The first-order valence-electron chi connectivity index (χ1n) is 5.61. The fraction of sp³-hybridized carbons (Fsp3) is 0.214. The number of amides is 2. The van der Waals surface area contributed by atoms with Crippen molar-refractivity contribution in [3.05, 3.63) is 42.0 Å². The van der Waals surface area contributed by atoms with Crippen LogP contribution in [0.2, 0.25) is 0 Å². The average molecular weight is 244 g/mol. The van der Waals surface area contributed by atoms with Crippen molar-refractivity contribution in [1.82, 2.24) is 4.90 Å². The normalized spacial score (nSPS) is 10.3. The molecule has 1 radical (unpaired) electrons. The fourth-order valence-electron chi connectivity index (χ4n) is 1.37. The molecule has 0 aromatic heterocycles. The Hall–Kier alpha value is -2.23. The lowest BCUT2D eigenvalue weighted by Gasteiger charge is -2.14. The van der Waals surface area contributed by atoms with Gasteiger partial charge in [-0.25, -0.2) is 0 Å². The highest BCUT2D eigenvalue weighted by atomic mass is 16.2. The Balaban J connectivity index is 2.75. The molecule has 0 unspecified atom stereocenters. The van der Waals surface area contributed by atoms with Crippen LogP contribution in [0.25, 0.3) is 6.08 Å². The zero-order chi connectivity index (χ0) is 13.4. The van der Waals surface area contributed by atoms with Gasteiger partial charge in [0.2, 0.25) is 12.2 Å². The minimum atomic E-state index is -0.506. The van der Waals surface area contributed by atoms with E-state index >= 15 is 0 Å². The van der Waals surface area contributed by atoms with E-state index in [4.69, 9.17) is 0 Å². The molecule has 0 fully saturated rings. The molecule has 0 saturated carbocycles. The predicted octanol–water partition coefficient (Wildman–Crippen LogP) is 1.57. The molecule has 0 heterocycles. The number of hydrogen-bond donors (Lipinski definition) is 0. The van der Waals surface area contributed by atoms with Crippen LogP contribution in [0.1, 0.15) is 18.9 Å². The summed E-state index contributed by atoms with van der Waals surface area (Å²) >= 11 is 0. The molecule has 0 spiro atoms. The molecule has 1 aromatic rings. The lowest BCUT2D eigenvalue weighted by Crippen LogP contribution is -2.36. The smallest absolute Gasteiger partial charge is 0.253 e. The molecule has 0 aliphatic heterocycles. The van der Waals surface area contributed by atoms with Crippen molar-refractivity contribution < 1.29 is 14.4 Å². The number of carbonyl (C=O) groups is 2. The quantitative estimate of drug-likeness (QED) is 0.739. The third-order valence-electron chi connectivity index (χ3n) is 2.31. The van der Waals surface area contributed by atoms with E-state index in [0.717, 1.165) is 10.5 Å². The van der Waals surface area contributed by atoms with Gasteiger partial charge in [0.25, 0.3) is 5.91 Å². The van der Waals surface area contributed by atoms with Crippen LogP contribution in [-0.2, 0) is 14.4 Å². The Kier molecular flexibility index (Phi) is 5.51. The van der Waals surface area contributed by atoms with Crippen molar-refractivity contribution in [2.24, 2.45) is 0 Å². The van der Waals surface area contributed by atoms with Crippen molar-refractivity contribution in [3.63, 3.8) is 0 Å². The van der Waals surface area contributed by atoms with Gasteiger partial charge in [-0.2, -0.15) is 0 Å². The molecule has 1 rings (SSSR count). The Morgan fingerprint density at radius 1 is 1.28 bits per heavy atom. The molecule has 18 heavy (non-hydrogen) atoms. The second-order valence-corrected chi connectivity index (χ2v) is 3.56. The van der Waals surface area contributed by atoms with E-state index in [1.165, 1.54) is 6.08 Å². The van der Waals surface area contributed by atoms with Crippen LogP contribution in [0.15, 0.2) is 36.4 Å². The fourth-order valence-corrected chi connectivity index (χ4v) is 1.37. The third kappa shape index (κ3) is 3.97. The molecule has 93 valence electrons. The maximum atomic E-state index is 11.7. The van der Waals surface area contributed by atoms with Crippen molar-refractivity contribution in [1.29, 1.82) is 0 Å². The van der Waals surface area contributed by atoms with Crippen LogP contribution >= 0.6 is 0 Å². The van der Waals surface area contributed by atoms with Crippen molar-refractivity contribution in [3.8, 4) is 0 Å². The van der Waals surface area contributed by atoms with Crippen molar-refractivity contribution in [2.75, 3.05) is 6.54 Å². The first kappa shape index (κ1) is 13.8. The number of benzene rings is 1. The minimum absolute atomic E-state index is 0.173. The van der Waals surface area contributed by atoms with Crippen LogP contribution in [-0.4, -0.2) is 29.5 Å². The van der Waals surface area contributed by atoms with Crippen LogP contribution in [0.5, 0.6) is 0 Å². The number of rotatable bonds is 5. The van der Waals surface area contributed by atoms with Gasteiger partial charge in [0, 0.05) is 12.5 Å². The monoisotopic (exact) mass is 244 g/mol. The third-order valence-corrected chi connectivity index (χ3v) is 2.31. The molecule has 0 aliphatic carbocycles. The summed E-state index contributed by atoms with van der Waals surface area (Å²) in [7, 11) is 0. The summed E-state index contributed by atoms with van der Waals surface area (Å²) in [6.45, 7) is 1.30. The van der Waals surface area contributed by atoms with Gasteiger partial charge < -0.3 is 0 Å². The Labute approximate surface area is 106 Å². The van der Waals surface area contributed by atoms with Crippen molar-refractivity contribution >= 4 is 24.2 Å².